The Morgan fingerprint density at radius 3 is 2.79 bits per heavy atom. The van der Waals surface area contributed by atoms with E-state index in [-0.39, 0.29) is 24.4 Å². The first-order valence-corrected chi connectivity index (χ1v) is 6.57. The van der Waals surface area contributed by atoms with Crippen molar-refractivity contribution < 1.29 is 9.32 Å². The van der Waals surface area contributed by atoms with Gasteiger partial charge in [-0.05, 0) is 25.2 Å². The minimum Gasteiger partial charge on any atom is -0.360 e. The zero-order valence-electron chi connectivity index (χ0n) is 11.4. The third-order valence-electron chi connectivity index (χ3n) is 3.12. The molecule has 19 heavy (non-hydrogen) atoms. The van der Waals surface area contributed by atoms with Crippen molar-refractivity contribution in [3.05, 3.63) is 17.5 Å². The van der Waals surface area contributed by atoms with Gasteiger partial charge in [-0.1, -0.05) is 19.0 Å². The highest BCUT2D eigenvalue weighted by Crippen LogP contribution is 2.40. The molecule has 0 spiro atoms. The van der Waals surface area contributed by atoms with Gasteiger partial charge in [-0.3, -0.25) is 4.79 Å². The minimum atomic E-state index is -0.193. The monoisotopic (exact) mass is 287 g/mol. The van der Waals surface area contributed by atoms with E-state index >= 15 is 0 Å². The normalized spacial score (nSPS) is 16.0. The summed E-state index contributed by atoms with van der Waals surface area (Å²) in [7, 11) is 0. The number of carbonyl (C=O) groups is 1. The Hall–Kier alpha value is -1.07. The van der Waals surface area contributed by atoms with E-state index < -0.39 is 0 Å². The minimum absolute atomic E-state index is 0. The first-order valence-electron chi connectivity index (χ1n) is 6.57. The summed E-state index contributed by atoms with van der Waals surface area (Å²) in [6.07, 6.45) is 3.14. The molecule has 1 fully saturated rings. The zero-order chi connectivity index (χ0) is 13.1. The molecule has 1 atom stereocenters. The van der Waals surface area contributed by atoms with Crippen LogP contribution in [0.4, 0.5) is 0 Å². The molecule has 1 aromatic rings. The molecule has 0 radical (unpaired) electrons. The maximum atomic E-state index is 12.0. The number of amides is 1. The van der Waals surface area contributed by atoms with Crippen LogP contribution in [0.15, 0.2) is 10.6 Å². The van der Waals surface area contributed by atoms with Gasteiger partial charge >= 0.3 is 0 Å². The van der Waals surface area contributed by atoms with Crippen LogP contribution >= 0.6 is 12.4 Å². The summed E-state index contributed by atoms with van der Waals surface area (Å²) >= 11 is 0. The van der Waals surface area contributed by atoms with Gasteiger partial charge in [0.1, 0.15) is 5.76 Å². The van der Waals surface area contributed by atoms with Gasteiger partial charge in [0.15, 0.2) is 5.69 Å². The number of rotatable bonds is 6. The van der Waals surface area contributed by atoms with Crippen LogP contribution in [0.5, 0.6) is 0 Å². The van der Waals surface area contributed by atoms with Crippen molar-refractivity contribution in [3.8, 4) is 0 Å². The number of nitrogens with one attached hydrogen (secondary N) is 1. The van der Waals surface area contributed by atoms with E-state index in [2.05, 4.69) is 24.3 Å². The molecule has 6 heteroatoms. The number of aromatic nitrogens is 1. The molecule has 1 amide bonds. The number of hydrogen-bond acceptors (Lipinski definition) is 4. The summed E-state index contributed by atoms with van der Waals surface area (Å²) in [6, 6.07) is 1.74. The Bertz CT molecular complexity index is 416. The van der Waals surface area contributed by atoms with Gasteiger partial charge < -0.3 is 15.6 Å². The van der Waals surface area contributed by atoms with Gasteiger partial charge in [-0.2, -0.15) is 0 Å². The molecule has 1 heterocycles. The molecule has 1 unspecified atom stereocenters. The van der Waals surface area contributed by atoms with Crippen molar-refractivity contribution in [3.63, 3.8) is 0 Å². The van der Waals surface area contributed by atoms with Crippen LogP contribution in [0.3, 0.4) is 0 Å². The second kappa shape index (κ2) is 6.91. The summed E-state index contributed by atoms with van der Waals surface area (Å²) < 4.78 is 5.16. The molecule has 5 nitrogen and oxygen atoms in total. The van der Waals surface area contributed by atoms with Gasteiger partial charge in [0.2, 0.25) is 0 Å². The average molecular weight is 288 g/mol. The molecule has 1 aromatic heterocycles. The summed E-state index contributed by atoms with van der Waals surface area (Å²) in [5.74, 6) is 1.60. The van der Waals surface area contributed by atoms with Crippen molar-refractivity contribution >= 4 is 18.3 Å². The quantitative estimate of drug-likeness (QED) is 0.839. The second-order valence-corrected chi connectivity index (χ2v) is 5.42. The number of nitrogens with two attached hydrogens (primary N) is 1. The molecule has 1 saturated carbocycles. The molecule has 0 aromatic carbocycles. The predicted molar refractivity (Wildman–Crippen MR) is 75.5 cm³/mol. The van der Waals surface area contributed by atoms with E-state index in [0.717, 1.165) is 25.0 Å². The van der Waals surface area contributed by atoms with Gasteiger partial charge in [0.05, 0.1) is 0 Å². The van der Waals surface area contributed by atoms with E-state index in [0.29, 0.717) is 24.1 Å². The molecule has 1 aliphatic rings. The van der Waals surface area contributed by atoms with Gasteiger partial charge in [-0.15, -0.1) is 12.4 Å². The van der Waals surface area contributed by atoms with Crippen LogP contribution in [0.1, 0.15) is 55.3 Å². The lowest BCUT2D eigenvalue weighted by molar-refractivity contribution is 0.0924. The standard InChI is InChI=1S/C13H21N3O2.ClH/c1-8(2)5-10(7-14)15-13(17)11-6-12(18-16-11)9-3-4-9;/h6,8-10H,3-5,7,14H2,1-2H3,(H,15,17);1H. The molecule has 0 aliphatic heterocycles. The van der Waals surface area contributed by atoms with Gasteiger partial charge in [-0.25, -0.2) is 0 Å². The second-order valence-electron chi connectivity index (χ2n) is 5.42. The molecule has 3 N–H and O–H groups in total. The van der Waals surface area contributed by atoms with Crippen molar-refractivity contribution in [1.29, 1.82) is 0 Å². The largest absolute Gasteiger partial charge is 0.360 e. The molecule has 0 bridgehead atoms. The first-order chi connectivity index (χ1) is 8.60. The van der Waals surface area contributed by atoms with E-state index in [1.807, 2.05) is 0 Å². The average Bonchev–Trinajstić information content (AvgIpc) is 3.05. The molecule has 1 aliphatic carbocycles. The van der Waals surface area contributed by atoms with Crippen molar-refractivity contribution in [1.82, 2.24) is 10.5 Å². The van der Waals surface area contributed by atoms with E-state index in [1.165, 1.54) is 0 Å². The predicted octanol–water partition coefficient (Wildman–Crippen LogP) is 2.08. The lowest BCUT2D eigenvalue weighted by Crippen LogP contribution is -2.41. The molecular formula is C13H22ClN3O2. The van der Waals surface area contributed by atoms with Crippen molar-refractivity contribution in [2.45, 2.75) is 45.1 Å². The number of halogens is 1. The van der Waals surface area contributed by atoms with Crippen LogP contribution < -0.4 is 11.1 Å². The van der Waals surface area contributed by atoms with Crippen LogP contribution in [0.25, 0.3) is 0 Å². The fourth-order valence-corrected chi connectivity index (χ4v) is 2.00. The fourth-order valence-electron chi connectivity index (χ4n) is 2.00. The van der Waals surface area contributed by atoms with Crippen LogP contribution in [0, 0.1) is 5.92 Å². The third kappa shape index (κ3) is 4.51. The van der Waals surface area contributed by atoms with E-state index in [4.69, 9.17) is 10.3 Å². The Morgan fingerprint density at radius 1 is 1.58 bits per heavy atom. The Labute approximate surface area is 119 Å². The lowest BCUT2D eigenvalue weighted by atomic mass is 10.0. The summed E-state index contributed by atoms with van der Waals surface area (Å²) in [5, 5.41) is 6.72. The Balaban J connectivity index is 0.00000180. The lowest BCUT2D eigenvalue weighted by Gasteiger charge is -2.17. The Kier molecular flexibility index (Phi) is 5.82. The van der Waals surface area contributed by atoms with E-state index in [1.54, 1.807) is 6.07 Å². The van der Waals surface area contributed by atoms with Gasteiger partial charge in [0.25, 0.3) is 5.91 Å². The highest BCUT2D eigenvalue weighted by Gasteiger charge is 2.29. The van der Waals surface area contributed by atoms with Crippen LogP contribution in [-0.4, -0.2) is 23.7 Å². The highest BCUT2D eigenvalue weighted by atomic mass is 35.5. The highest BCUT2D eigenvalue weighted by molar-refractivity contribution is 5.92. The summed E-state index contributed by atoms with van der Waals surface area (Å²) in [4.78, 5) is 12.0. The maximum absolute atomic E-state index is 12.0. The molecule has 0 saturated heterocycles. The van der Waals surface area contributed by atoms with Crippen molar-refractivity contribution in [2.24, 2.45) is 11.7 Å². The van der Waals surface area contributed by atoms with E-state index in [9.17, 15) is 4.79 Å². The van der Waals surface area contributed by atoms with Crippen molar-refractivity contribution in [2.75, 3.05) is 6.54 Å². The number of hydrogen-bond donors (Lipinski definition) is 2. The fraction of sp³-hybridized carbons (Fsp3) is 0.692. The smallest absolute Gasteiger partial charge is 0.273 e. The zero-order valence-corrected chi connectivity index (χ0v) is 12.2. The maximum Gasteiger partial charge on any atom is 0.273 e. The number of carbonyl (C=O) groups excluding carboxylic acids is 1. The van der Waals surface area contributed by atoms with Crippen LogP contribution in [-0.2, 0) is 0 Å². The molecule has 108 valence electrons. The number of nitrogens with zero attached hydrogens (tertiary/aromatic N) is 1. The summed E-state index contributed by atoms with van der Waals surface area (Å²) in [6.45, 7) is 4.66. The first kappa shape index (κ1) is 16.0. The summed E-state index contributed by atoms with van der Waals surface area (Å²) in [5.41, 5.74) is 6.01. The van der Waals surface area contributed by atoms with Crippen LogP contribution in [0.2, 0.25) is 0 Å². The SMILES string of the molecule is CC(C)CC(CN)NC(=O)c1cc(C2CC2)on1.Cl. The topological polar surface area (TPSA) is 81.1 Å². The Morgan fingerprint density at radius 2 is 2.26 bits per heavy atom. The molecule has 2 rings (SSSR count). The van der Waals surface area contributed by atoms with Gasteiger partial charge in [0, 0.05) is 24.6 Å². The third-order valence-corrected chi connectivity index (χ3v) is 3.12. The molecular weight excluding hydrogens is 266 g/mol.